The molecule has 0 aliphatic carbocycles. The van der Waals surface area contributed by atoms with E-state index in [1.165, 1.54) is 4.90 Å². The molecular formula is C15H24N4O2. The summed E-state index contributed by atoms with van der Waals surface area (Å²) in [7, 11) is 3.30. The summed E-state index contributed by atoms with van der Waals surface area (Å²) in [4.78, 5) is 29.4. The smallest absolute Gasteiger partial charge is 0.317 e. The molecule has 0 aromatic carbocycles. The molecule has 0 radical (unpaired) electrons. The molecule has 1 aromatic heterocycles. The topological polar surface area (TPSA) is 74.3 Å². The third kappa shape index (κ3) is 6.25. The highest BCUT2D eigenvalue weighted by Crippen LogP contribution is 2.06. The van der Waals surface area contributed by atoms with Crippen LogP contribution >= 0.6 is 0 Å². The van der Waals surface area contributed by atoms with Crippen molar-refractivity contribution in [3.05, 3.63) is 30.1 Å². The minimum Gasteiger partial charge on any atom is -0.350 e. The Morgan fingerprint density at radius 3 is 2.57 bits per heavy atom. The monoisotopic (exact) mass is 292 g/mol. The Labute approximate surface area is 125 Å². The van der Waals surface area contributed by atoms with Crippen LogP contribution in [0.3, 0.4) is 0 Å². The van der Waals surface area contributed by atoms with Gasteiger partial charge in [-0.2, -0.15) is 0 Å². The van der Waals surface area contributed by atoms with Crippen LogP contribution in [0.4, 0.5) is 4.79 Å². The first kappa shape index (κ1) is 16.9. The summed E-state index contributed by atoms with van der Waals surface area (Å²) in [5.41, 5.74) is 0.924. The Morgan fingerprint density at radius 1 is 1.33 bits per heavy atom. The van der Waals surface area contributed by atoms with Crippen molar-refractivity contribution in [1.29, 1.82) is 0 Å². The fraction of sp³-hybridized carbons (Fsp3) is 0.533. The Bertz CT molecular complexity index is 460. The zero-order chi connectivity index (χ0) is 15.8. The molecule has 0 unspecified atom stereocenters. The number of carbonyl (C=O) groups excluding carboxylic acids is 2. The second kappa shape index (κ2) is 8.24. The van der Waals surface area contributed by atoms with Crippen LogP contribution in [0.2, 0.25) is 0 Å². The zero-order valence-corrected chi connectivity index (χ0v) is 13.1. The van der Waals surface area contributed by atoms with Gasteiger partial charge in [-0.3, -0.25) is 9.78 Å². The maximum atomic E-state index is 12.2. The summed E-state index contributed by atoms with van der Waals surface area (Å²) < 4.78 is 0. The van der Waals surface area contributed by atoms with E-state index in [0.717, 1.165) is 5.56 Å². The number of aromatic nitrogens is 1. The number of nitrogens with zero attached hydrogens (tertiary/aromatic N) is 2. The summed E-state index contributed by atoms with van der Waals surface area (Å²) in [5, 5.41) is 5.58. The number of carbonyl (C=O) groups is 2. The van der Waals surface area contributed by atoms with Crippen LogP contribution in [0, 0.1) is 5.92 Å². The number of amides is 3. The van der Waals surface area contributed by atoms with Gasteiger partial charge in [0.25, 0.3) is 0 Å². The van der Waals surface area contributed by atoms with Crippen molar-refractivity contribution in [2.45, 2.75) is 32.9 Å². The lowest BCUT2D eigenvalue weighted by atomic mass is 10.0. The van der Waals surface area contributed by atoms with Gasteiger partial charge in [0.15, 0.2) is 0 Å². The molecular weight excluding hydrogens is 268 g/mol. The van der Waals surface area contributed by atoms with Crippen LogP contribution in [0.5, 0.6) is 0 Å². The lowest BCUT2D eigenvalue weighted by Gasteiger charge is -2.22. The fourth-order valence-corrected chi connectivity index (χ4v) is 1.80. The molecule has 2 N–H and O–H groups in total. The van der Waals surface area contributed by atoms with E-state index in [-0.39, 0.29) is 11.9 Å². The molecule has 0 bridgehead atoms. The standard InChI is InChI=1S/C15H24N4O2/c1-11(2)8-13(18-15(21)19(3)4)14(20)17-10-12-6-5-7-16-9-12/h5-7,9,11,13H,8,10H2,1-4H3,(H,17,20)(H,18,21)/t13-/m1/s1. The van der Waals surface area contributed by atoms with Crippen molar-refractivity contribution < 1.29 is 9.59 Å². The second-order valence-corrected chi connectivity index (χ2v) is 5.61. The molecule has 1 rings (SSSR count). The number of hydrogen-bond donors (Lipinski definition) is 2. The predicted molar refractivity (Wildman–Crippen MR) is 81.5 cm³/mol. The highest BCUT2D eigenvalue weighted by Gasteiger charge is 2.22. The van der Waals surface area contributed by atoms with Crippen LogP contribution in [0.25, 0.3) is 0 Å². The summed E-state index contributed by atoms with van der Waals surface area (Å²) in [6, 6.07) is 2.91. The number of rotatable bonds is 6. The minimum atomic E-state index is -0.531. The molecule has 3 amide bonds. The van der Waals surface area contributed by atoms with E-state index >= 15 is 0 Å². The quantitative estimate of drug-likeness (QED) is 0.832. The molecule has 0 spiro atoms. The van der Waals surface area contributed by atoms with Gasteiger partial charge in [0, 0.05) is 33.0 Å². The van der Waals surface area contributed by atoms with E-state index in [1.54, 1.807) is 26.5 Å². The Kier molecular flexibility index (Phi) is 6.65. The molecule has 0 aliphatic heterocycles. The van der Waals surface area contributed by atoms with Gasteiger partial charge < -0.3 is 15.5 Å². The largest absolute Gasteiger partial charge is 0.350 e. The molecule has 0 saturated carbocycles. The first-order valence-electron chi connectivity index (χ1n) is 7.04. The van der Waals surface area contributed by atoms with Gasteiger partial charge in [0.1, 0.15) is 6.04 Å². The third-order valence-electron chi connectivity index (χ3n) is 2.92. The maximum absolute atomic E-state index is 12.2. The first-order chi connectivity index (χ1) is 9.90. The van der Waals surface area contributed by atoms with Crippen molar-refractivity contribution in [3.8, 4) is 0 Å². The molecule has 21 heavy (non-hydrogen) atoms. The van der Waals surface area contributed by atoms with Crippen LogP contribution < -0.4 is 10.6 Å². The van der Waals surface area contributed by atoms with Crippen LogP contribution in [0.1, 0.15) is 25.8 Å². The van der Waals surface area contributed by atoms with E-state index in [9.17, 15) is 9.59 Å². The number of urea groups is 1. The van der Waals surface area contributed by atoms with Crippen LogP contribution in [-0.4, -0.2) is 42.0 Å². The molecule has 6 heteroatoms. The van der Waals surface area contributed by atoms with E-state index in [0.29, 0.717) is 18.9 Å². The van der Waals surface area contributed by atoms with Gasteiger partial charge in [-0.05, 0) is 24.0 Å². The van der Waals surface area contributed by atoms with Crippen molar-refractivity contribution in [2.75, 3.05) is 14.1 Å². The molecule has 0 aliphatic rings. The third-order valence-corrected chi connectivity index (χ3v) is 2.92. The molecule has 1 atom stereocenters. The molecule has 1 aromatic rings. The highest BCUT2D eigenvalue weighted by molar-refractivity contribution is 5.86. The van der Waals surface area contributed by atoms with E-state index in [1.807, 2.05) is 26.0 Å². The number of pyridine rings is 1. The normalized spacial score (nSPS) is 11.9. The fourth-order valence-electron chi connectivity index (χ4n) is 1.80. The maximum Gasteiger partial charge on any atom is 0.317 e. The van der Waals surface area contributed by atoms with Gasteiger partial charge in [-0.15, -0.1) is 0 Å². The molecule has 0 fully saturated rings. The lowest BCUT2D eigenvalue weighted by Crippen LogP contribution is -2.50. The summed E-state index contributed by atoms with van der Waals surface area (Å²) in [6.07, 6.45) is 3.98. The molecule has 6 nitrogen and oxygen atoms in total. The van der Waals surface area contributed by atoms with Crippen molar-refractivity contribution >= 4 is 11.9 Å². The van der Waals surface area contributed by atoms with Crippen molar-refractivity contribution in [2.24, 2.45) is 5.92 Å². The Morgan fingerprint density at radius 2 is 2.05 bits per heavy atom. The van der Waals surface area contributed by atoms with Gasteiger partial charge in [0.05, 0.1) is 0 Å². The highest BCUT2D eigenvalue weighted by atomic mass is 16.2. The Hall–Kier alpha value is -2.11. The second-order valence-electron chi connectivity index (χ2n) is 5.61. The van der Waals surface area contributed by atoms with Crippen molar-refractivity contribution in [1.82, 2.24) is 20.5 Å². The zero-order valence-electron chi connectivity index (χ0n) is 13.1. The van der Waals surface area contributed by atoms with Crippen LogP contribution in [0.15, 0.2) is 24.5 Å². The minimum absolute atomic E-state index is 0.178. The van der Waals surface area contributed by atoms with Crippen LogP contribution in [-0.2, 0) is 11.3 Å². The molecule has 1 heterocycles. The van der Waals surface area contributed by atoms with E-state index in [2.05, 4.69) is 15.6 Å². The predicted octanol–water partition coefficient (Wildman–Crippen LogP) is 1.38. The average molecular weight is 292 g/mol. The van der Waals surface area contributed by atoms with Gasteiger partial charge >= 0.3 is 6.03 Å². The molecule has 116 valence electrons. The van der Waals surface area contributed by atoms with Gasteiger partial charge in [-0.25, -0.2) is 4.79 Å². The molecule has 0 saturated heterocycles. The van der Waals surface area contributed by atoms with E-state index in [4.69, 9.17) is 0 Å². The van der Waals surface area contributed by atoms with E-state index < -0.39 is 6.04 Å². The average Bonchev–Trinajstić information content (AvgIpc) is 2.44. The Balaban J connectivity index is 2.60. The summed E-state index contributed by atoms with van der Waals surface area (Å²) in [6.45, 7) is 4.44. The number of nitrogens with one attached hydrogen (secondary N) is 2. The van der Waals surface area contributed by atoms with Gasteiger partial charge in [-0.1, -0.05) is 19.9 Å². The first-order valence-corrected chi connectivity index (χ1v) is 7.04. The SMILES string of the molecule is CC(C)C[C@@H](NC(=O)N(C)C)C(=O)NCc1cccnc1. The summed E-state index contributed by atoms with van der Waals surface area (Å²) >= 11 is 0. The summed E-state index contributed by atoms with van der Waals surface area (Å²) in [5.74, 6) is 0.129. The van der Waals surface area contributed by atoms with Crippen molar-refractivity contribution in [3.63, 3.8) is 0 Å². The number of hydrogen-bond acceptors (Lipinski definition) is 3. The van der Waals surface area contributed by atoms with Gasteiger partial charge in [0.2, 0.25) is 5.91 Å². The lowest BCUT2D eigenvalue weighted by molar-refractivity contribution is -0.123.